The van der Waals surface area contributed by atoms with Crippen LogP contribution in [0.15, 0.2) is 60.8 Å². The second-order valence-corrected chi connectivity index (χ2v) is 18.1. The maximum Gasteiger partial charge on any atom is 0.218 e. The van der Waals surface area contributed by atoms with E-state index in [0.29, 0.717) is 49.8 Å². The summed E-state index contributed by atoms with van der Waals surface area (Å²) >= 11 is 11.6. The second-order valence-electron chi connectivity index (χ2n) is 13.4. The average Bonchev–Trinajstić information content (AvgIpc) is 3.03. The molecular weight excluding hydrogens is 687 g/mol. The number of ether oxygens (including phenoxy) is 2. The summed E-state index contributed by atoms with van der Waals surface area (Å²) in [6.45, 7) is 15.4. The van der Waals surface area contributed by atoms with Gasteiger partial charge in [0.2, 0.25) is 5.88 Å². The van der Waals surface area contributed by atoms with Crippen LogP contribution in [-0.2, 0) is 22.7 Å². The van der Waals surface area contributed by atoms with Crippen LogP contribution >= 0.6 is 23.2 Å². The first kappa shape index (κ1) is 38.3. The largest absolute Gasteiger partial charge is 0.598 e. The molecule has 2 aromatic heterocycles. The van der Waals surface area contributed by atoms with Gasteiger partial charge in [-0.05, 0) is 79.7 Å². The highest BCUT2D eigenvalue weighted by Gasteiger charge is 2.31. The summed E-state index contributed by atoms with van der Waals surface area (Å²) in [5.74, 6) is 1.04. The Labute approximate surface area is 301 Å². The molecule has 2 aromatic carbocycles. The zero-order valence-electron chi connectivity index (χ0n) is 29.0. The van der Waals surface area contributed by atoms with Crippen molar-refractivity contribution in [3.05, 3.63) is 82.0 Å². The molecule has 0 saturated carbocycles. The van der Waals surface area contributed by atoms with Gasteiger partial charge >= 0.3 is 0 Å². The topological polar surface area (TPSA) is 114 Å². The summed E-state index contributed by atoms with van der Waals surface area (Å²) in [5, 5.41) is 0.900. The van der Waals surface area contributed by atoms with Gasteiger partial charge in [0.25, 0.3) is 0 Å². The molecule has 0 aliphatic carbocycles. The van der Waals surface area contributed by atoms with Gasteiger partial charge in [-0.25, -0.2) is 4.98 Å². The first-order valence-electron chi connectivity index (χ1n) is 15.5. The standard InChI is InChI=1S/C36H44Cl2N4O4S2/c1-21(41-47(43)35(3,4)5)24-15-14-23(20-30(24)45-9)33-32(38)27(18-19-39-33)26-12-11-13-28(31(26)37)29-17-16-25(34(40-29)46-10)22(2)42-48(44)36(6,7)8/h11-22,41-42H,1-10H3/t21?,22?,47-,48-/m0/s1. The molecule has 2 heterocycles. The van der Waals surface area contributed by atoms with Gasteiger partial charge in [-0.2, -0.15) is 0 Å². The molecule has 4 atom stereocenters. The van der Waals surface area contributed by atoms with E-state index in [4.69, 9.17) is 37.7 Å². The van der Waals surface area contributed by atoms with E-state index in [9.17, 15) is 9.11 Å². The molecule has 0 bridgehead atoms. The van der Waals surface area contributed by atoms with Gasteiger partial charge < -0.3 is 18.6 Å². The van der Waals surface area contributed by atoms with E-state index in [-0.39, 0.29) is 12.1 Å². The first-order chi connectivity index (χ1) is 22.5. The Kier molecular flexibility index (Phi) is 12.4. The number of benzene rings is 2. The lowest BCUT2D eigenvalue weighted by atomic mass is 9.98. The van der Waals surface area contributed by atoms with Gasteiger partial charge in [-0.1, -0.05) is 53.5 Å². The van der Waals surface area contributed by atoms with Gasteiger partial charge in [0.05, 0.1) is 47.7 Å². The Bertz CT molecular complexity index is 1620. The maximum atomic E-state index is 12.7. The molecule has 12 heteroatoms. The molecule has 0 aliphatic rings. The lowest BCUT2D eigenvalue weighted by Gasteiger charge is -2.27. The third-order valence-electron chi connectivity index (χ3n) is 7.66. The van der Waals surface area contributed by atoms with E-state index >= 15 is 0 Å². The van der Waals surface area contributed by atoms with E-state index in [1.807, 2.05) is 110 Å². The SMILES string of the molecule is COc1cc(-c2nccc(-c3cccc(-c4ccc(C(C)N[S@@+]([O-])C(C)(C)C)c(OC)n4)c3Cl)c2Cl)ccc1C(C)N[S@@+]([O-])C(C)(C)C. The maximum absolute atomic E-state index is 12.7. The summed E-state index contributed by atoms with van der Waals surface area (Å²) < 4.78 is 42.3. The van der Waals surface area contributed by atoms with Crippen LogP contribution in [0.2, 0.25) is 10.0 Å². The Morgan fingerprint density at radius 2 is 1.29 bits per heavy atom. The molecule has 4 aromatic rings. The second kappa shape index (κ2) is 15.6. The molecule has 2 unspecified atom stereocenters. The molecule has 2 N–H and O–H groups in total. The van der Waals surface area contributed by atoms with Gasteiger partial charge in [0.1, 0.15) is 15.2 Å². The van der Waals surface area contributed by atoms with Crippen LogP contribution in [0, 0.1) is 0 Å². The van der Waals surface area contributed by atoms with Gasteiger partial charge in [-0.3, -0.25) is 4.98 Å². The number of nitrogens with zero attached hydrogens (tertiary/aromatic N) is 2. The van der Waals surface area contributed by atoms with Crippen LogP contribution in [0.4, 0.5) is 0 Å². The van der Waals surface area contributed by atoms with Crippen molar-refractivity contribution in [2.75, 3.05) is 14.2 Å². The Hall–Kier alpha value is -2.54. The van der Waals surface area contributed by atoms with Crippen molar-refractivity contribution in [2.45, 2.75) is 77.0 Å². The number of aromatic nitrogens is 2. The lowest BCUT2D eigenvalue weighted by Crippen LogP contribution is -2.40. The quantitative estimate of drug-likeness (QED) is 0.147. The number of pyridine rings is 2. The molecule has 0 aliphatic heterocycles. The van der Waals surface area contributed by atoms with E-state index in [1.54, 1.807) is 20.4 Å². The van der Waals surface area contributed by atoms with Crippen LogP contribution in [-0.4, -0.2) is 42.8 Å². The average molecular weight is 732 g/mol. The highest BCUT2D eigenvalue weighted by atomic mass is 35.5. The third-order valence-corrected chi connectivity index (χ3v) is 11.8. The predicted octanol–water partition coefficient (Wildman–Crippen LogP) is 9.03. The monoisotopic (exact) mass is 730 g/mol. The number of methoxy groups -OCH3 is 2. The van der Waals surface area contributed by atoms with Crippen molar-refractivity contribution in [3.8, 4) is 45.3 Å². The summed E-state index contributed by atoms with van der Waals surface area (Å²) in [6, 6.07) is 16.6. The minimum atomic E-state index is -1.27. The Morgan fingerprint density at radius 3 is 1.88 bits per heavy atom. The number of nitrogens with one attached hydrogen (secondary N) is 2. The van der Waals surface area contributed by atoms with Crippen LogP contribution in [0.3, 0.4) is 0 Å². The van der Waals surface area contributed by atoms with Gasteiger partial charge in [0.15, 0.2) is 0 Å². The van der Waals surface area contributed by atoms with Crippen LogP contribution in [0.25, 0.3) is 33.6 Å². The predicted molar refractivity (Wildman–Crippen MR) is 200 cm³/mol. The summed E-state index contributed by atoms with van der Waals surface area (Å²) in [4.78, 5) is 9.39. The zero-order chi connectivity index (χ0) is 35.6. The fourth-order valence-electron chi connectivity index (χ4n) is 4.90. The van der Waals surface area contributed by atoms with Crippen LogP contribution < -0.4 is 18.9 Å². The van der Waals surface area contributed by atoms with Crippen LogP contribution in [0.5, 0.6) is 11.6 Å². The number of halogens is 2. The molecule has 258 valence electrons. The molecule has 4 rings (SSSR count). The van der Waals surface area contributed by atoms with Crippen molar-refractivity contribution >= 4 is 45.9 Å². The minimum absolute atomic E-state index is 0.224. The van der Waals surface area contributed by atoms with Crippen molar-refractivity contribution in [1.29, 1.82) is 0 Å². The fraction of sp³-hybridized carbons (Fsp3) is 0.389. The normalized spacial score (nSPS) is 14.7. The number of rotatable bonds is 11. The fourth-order valence-corrected chi connectivity index (χ4v) is 7.15. The molecule has 0 radical (unpaired) electrons. The Balaban J connectivity index is 1.68. The van der Waals surface area contributed by atoms with Gasteiger partial charge in [-0.15, -0.1) is 9.44 Å². The van der Waals surface area contributed by atoms with E-state index < -0.39 is 32.2 Å². The molecule has 48 heavy (non-hydrogen) atoms. The van der Waals surface area contributed by atoms with Crippen molar-refractivity contribution < 1.29 is 18.6 Å². The molecular formula is C36H44Cl2N4O4S2. The van der Waals surface area contributed by atoms with Crippen molar-refractivity contribution in [3.63, 3.8) is 0 Å². The minimum Gasteiger partial charge on any atom is -0.598 e. The molecule has 0 fully saturated rings. The molecule has 0 spiro atoms. The number of hydrogen-bond acceptors (Lipinski definition) is 8. The summed E-state index contributed by atoms with van der Waals surface area (Å²) in [5.41, 5.74) is 5.71. The van der Waals surface area contributed by atoms with Crippen molar-refractivity contribution in [2.24, 2.45) is 0 Å². The van der Waals surface area contributed by atoms with E-state index in [1.165, 1.54) is 0 Å². The lowest BCUT2D eigenvalue weighted by molar-refractivity contribution is 0.388. The van der Waals surface area contributed by atoms with E-state index in [0.717, 1.165) is 16.7 Å². The molecule has 0 amide bonds. The van der Waals surface area contributed by atoms with Crippen LogP contribution in [0.1, 0.15) is 78.6 Å². The zero-order valence-corrected chi connectivity index (χ0v) is 32.2. The van der Waals surface area contributed by atoms with E-state index in [2.05, 4.69) is 14.4 Å². The van der Waals surface area contributed by atoms with Gasteiger partial charge in [0, 0.05) is 62.3 Å². The first-order valence-corrected chi connectivity index (χ1v) is 18.6. The smallest absolute Gasteiger partial charge is 0.218 e. The third kappa shape index (κ3) is 8.60. The summed E-state index contributed by atoms with van der Waals surface area (Å²) in [7, 11) is 3.16. The molecule has 0 saturated heterocycles. The Morgan fingerprint density at radius 1 is 0.729 bits per heavy atom. The highest BCUT2D eigenvalue weighted by Crippen LogP contribution is 2.43. The van der Waals surface area contributed by atoms with Crippen molar-refractivity contribution in [1.82, 2.24) is 19.4 Å². The number of hydrogen-bond donors (Lipinski definition) is 2. The highest BCUT2D eigenvalue weighted by molar-refractivity contribution is 7.91. The molecule has 8 nitrogen and oxygen atoms in total. The summed E-state index contributed by atoms with van der Waals surface area (Å²) in [6.07, 6.45) is 1.70.